The number of halogens is 1. The molecular formula is C18H17FN2O3. The van der Waals surface area contributed by atoms with Gasteiger partial charge in [-0.25, -0.2) is 4.39 Å². The molecule has 0 aliphatic carbocycles. The predicted molar refractivity (Wildman–Crippen MR) is 88.5 cm³/mol. The summed E-state index contributed by atoms with van der Waals surface area (Å²) in [6, 6.07) is 12.8. The summed E-state index contributed by atoms with van der Waals surface area (Å²) in [4.78, 5) is 26.1. The Balaban J connectivity index is 1.71. The van der Waals surface area contributed by atoms with Crippen molar-refractivity contribution in [3.63, 3.8) is 0 Å². The highest BCUT2D eigenvalue weighted by atomic mass is 19.1. The summed E-state index contributed by atoms with van der Waals surface area (Å²) in [7, 11) is 1.53. The monoisotopic (exact) mass is 328 g/mol. The van der Waals surface area contributed by atoms with Crippen molar-refractivity contribution in [1.29, 1.82) is 0 Å². The summed E-state index contributed by atoms with van der Waals surface area (Å²) in [6.07, 6.45) is 0.123. The molecule has 0 radical (unpaired) electrons. The first-order chi connectivity index (χ1) is 11.6. The Kier molecular flexibility index (Phi) is 4.46. The van der Waals surface area contributed by atoms with Gasteiger partial charge >= 0.3 is 0 Å². The van der Waals surface area contributed by atoms with E-state index in [0.29, 0.717) is 17.1 Å². The molecular weight excluding hydrogens is 311 g/mol. The first-order valence-corrected chi connectivity index (χ1v) is 7.58. The number of ether oxygens (including phenoxy) is 1. The Hall–Kier alpha value is -2.89. The highest BCUT2D eigenvalue weighted by Crippen LogP contribution is 2.28. The van der Waals surface area contributed by atoms with Crippen molar-refractivity contribution < 1.29 is 18.7 Å². The van der Waals surface area contributed by atoms with Gasteiger partial charge in [-0.1, -0.05) is 12.1 Å². The molecule has 5 nitrogen and oxygen atoms in total. The van der Waals surface area contributed by atoms with E-state index in [4.69, 9.17) is 4.74 Å². The molecule has 24 heavy (non-hydrogen) atoms. The Bertz CT molecular complexity index is 761. The Morgan fingerprint density at radius 2 is 1.92 bits per heavy atom. The van der Waals surface area contributed by atoms with Crippen LogP contribution >= 0.6 is 0 Å². The predicted octanol–water partition coefficient (Wildman–Crippen LogP) is 2.83. The van der Waals surface area contributed by atoms with Crippen molar-refractivity contribution in [3.8, 4) is 5.75 Å². The van der Waals surface area contributed by atoms with Gasteiger partial charge in [0.2, 0.25) is 11.8 Å². The summed E-state index contributed by atoms with van der Waals surface area (Å²) in [5.74, 6) is -0.659. The lowest BCUT2D eigenvalue weighted by Gasteiger charge is -2.17. The number of rotatable bonds is 4. The Labute approximate surface area is 139 Å². The van der Waals surface area contributed by atoms with Gasteiger partial charge in [-0.3, -0.25) is 9.59 Å². The molecule has 0 saturated carbocycles. The molecule has 3 rings (SSSR count). The zero-order valence-corrected chi connectivity index (χ0v) is 13.2. The summed E-state index contributed by atoms with van der Waals surface area (Å²) >= 11 is 0. The molecule has 0 bridgehead atoms. The molecule has 1 heterocycles. The molecule has 1 aliphatic heterocycles. The second kappa shape index (κ2) is 6.70. The fraction of sp³-hybridized carbons (Fsp3) is 0.222. The maximum atomic E-state index is 13.0. The van der Waals surface area contributed by atoms with E-state index in [1.807, 2.05) is 6.07 Å². The number of nitrogens with zero attached hydrogens (tertiary/aromatic N) is 1. The number of carbonyl (C=O) groups excluding carboxylic acids is 2. The molecule has 1 saturated heterocycles. The van der Waals surface area contributed by atoms with Crippen molar-refractivity contribution in [2.75, 3.05) is 23.9 Å². The number of anilines is 2. The molecule has 2 aromatic carbocycles. The maximum Gasteiger partial charge on any atom is 0.229 e. The van der Waals surface area contributed by atoms with E-state index in [-0.39, 0.29) is 30.6 Å². The van der Waals surface area contributed by atoms with Crippen LogP contribution in [0.1, 0.15) is 6.42 Å². The van der Waals surface area contributed by atoms with Crippen molar-refractivity contribution in [2.45, 2.75) is 6.42 Å². The third-order valence-electron chi connectivity index (χ3n) is 4.00. The van der Waals surface area contributed by atoms with Crippen molar-refractivity contribution >= 4 is 23.2 Å². The van der Waals surface area contributed by atoms with Gasteiger partial charge in [0.15, 0.2) is 0 Å². The van der Waals surface area contributed by atoms with E-state index in [2.05, 4.69) is 5.32 Å². The smallest absolute Gasteiger partial charge is 0.229 e. The number of methoxy groups -OCH3 is 1. The molecule has 0 unspecified atom stereocenters. The third-order valence-corrected chi connectivity index (χ3v) is 4.00. The average molecular weight is 328 g/mol. The van der Waals surface area contributed by atoms with Gasteiger partial charge in [-0.05, 0) is 36.4 Å². The summed E-state index contributed by atoms with van der Waals surface area (Å²) in [6.45, 7) is 0.269. The number of benzene rings is 2. The van der Waals surface area contributed by atoms with Crippen LogP contribution in [0.2, 0.25) is 0 Å². The number of para-hydroxylation sites is 2. The van der Waals surface area contributed by atoms with Crippen molar-refractivity contribution in [1.82, 2.24) is 0 Å². The lowest BCUT2D eigenvalue weighted by molar-refractivity contribution is -0.122. The van der Waals surface area contributed by atoms with Crippen LogP contribution in [0.25, 0.3) is 0 Å². The van der Waals surface area contributed by atoms with Crippen LogP contribution in [-0.4, -0.2) is 25.5 Å². The summed E-state index contributed by atoms with van der Waals surface area (Å²) in [5, 5.41) is 2.80. The highest BCUT2D eigenvalue weighted by molar-refractivity contribution is 6.03. The van der Waals surface area contributed by atoms with E-state index in [1.54, 1.807) is 18.2 Å². The normalized spacial score (nSPS) is 17.0. The molecule has 6 heteroatoms. The molecule has 0 spiro atoms. The topological polar surface area (TPSA) is 58.6 Å². The van der Waals surface area contributed by atoms with Gasteiger partial charge in [0.25, 0.3) is 0 Å². The maximum absolute atomic E-state index is 13.0. The minimum absolute atomic E-state index is 0.123. The molecule has 1 fully saturated rings. The van der Waals surface area contributed by atoms with Gasteiger partial charge in [-0.2, -0.15) is 0 Å². The third kappa shape index (κ3) is 3.22. The van der Waals surface area contributed by atoms with Gasteiger partial charge in [-0.15, -0.1) is 0 Å². The zero-order chi connectivity index (χ0) is 17.1. The highest BCUT2D eigenvalue weighted by Gasteiger charge is 2.35. The van der Waals surface area contributed by atoms with Crippen LogP contribution in [-0.2, 0) is 9.59 Å². The number of amides is 2. The van der Waals surface area contributed by atoms with E-state index in [1.165, 1.54) is 36.3 Å². The lowest BCUT2D eigenvalue weighted by Crippen LogP contribution is -2.28. The minimum atomic E-state index is -0.465. The first-order valence-electron chi connectivity index (χ1n) is 7.58. The second-order valence-electron chi connectivity index (χ2n) is 5.57. The first kappa shape index (κ1) is 16.0. The molecule has 2 aromatic rings. The molecule has 1 aliphatic rings. The summed E-state index contributed by atoms with van der Waals surface area (Å²) < 4.78 is 18.2. The van der Waals surface area contributed by atoms with Gasteiger partial charge < -0.3 is 15.0 Å². The quantitative estimate of drug-likeness (QED) is 0.939. The molecule has 2 amide bonds. The number of hydrogen-bond acceptors (Lipinski definition) is 3. The molecule has 0 aromatic heterocycles. The fourth-order valence-electron chi connectivity index (χ4n) is 2.74. The fourth-order valence-corrected chi connectivity index (χ4v) is 2.74. The van der Waals surface area contributed by atoms with E-state index in [0.717, 1.165) is 0 Å². The largest absolute Gasteiger partial charge is 0.495 e. The average Bonchev–Trinajstić information content (AvgIpc) is 2.98. The van der Waals surface area contributed by atoms with E-state index in [9.17, 15) is 14.0 Å². The van der Waals surface area contributed by atoms with Gasteiger partial charge in [0, 0.05) is 18.7 Å². The lowest BCUT2D eigenvalue weighted by atomic mass is 10.1. The SMILES string of the molecule is COc1ccccc1NC(=O)[C@H]1CC(=O)N(c2ccc(F)cc2)C1. The van der Waals surface area contributed by atoms with Crippen molar-refractivity contribution in [2.24, 2.45) is 5.92 Å². The molecule has 1 atom stereocenters. The van der Waals surface area contributed by atoms with Crippen LogP contribution < -0.4 is 15.0 Å². The Morgan fingerprint density at radius 3 is 2.62 bits per heavy atom. The molecule has 1 N–H and O–H groups in total. The summed E-state index contributed by atoms with van der Waals surface area (Å²) in [5.41, 5.74) is 1.16. The van der Waals surface area contributed by atoms with Gasteiger partial charge in [0.05, 0.1) is 18.7 Å². The van der Waals surface area contributed by atoms with E-state index >= 15 is 0 Å². The van der Waals surface area contributed by atoms with E-state index < -0.39 is 5.92 Å². The standard InChI is InChI=1S/C18H17FN2O3/c1-24-16-5-3-2-4-15(16)20-18(23)12-10-17(22)21(11-12)14-8-6-13(19)7-9-14/h2-9,12H,10-11H2,1H3,(H,20,23)/t12-/m0/s1. The van der Waals surface area contributed by atoms with Crippen molar-refractivity contribution in [3.05, 3.63) is 54.3 Å². The molecule has 124 valence electrons. The van der Waals surface area contributed by atoms with Crippen LogP contribution in [0.3, 0.4) is 0 Å². The van der Waals surface area contributed by atoms with Gasteiger partial charge in [0.1, 0.15) is 11.6 Å². The van der Waals surface area contributed by atoms with Crippen LogP contribution in [0.4, 0.5) is 15.8 Å². The van der Waals surface area contributed by atoms with Crippen LogP contribution in [0.15, 0.2) is 48.5 Å². The number of carbonyl (C=O) groups is 2. The number of hydrogen-bond donors (Lipinski definition) is 1. The second-order valence-corrected chi connectivity index (χ2v) is 5.57. The zero-order valence-electron chi connectivity index (χ0n) is 13.2. The minimum Gasteiger partial charge on any atom is -0.495 e. The number of nitrogens with one attached hydrogen (secondary N) is 1. The van der Waals surface area contributed by atoms with Crippen LogP contribution in [0, 0.1) is 11.7 Å². The van der Waals surface area contributed by atoms with Crippen LogP contribution in [0.5, 0.6) is 5.75 Å². The Morgan fingerprint density at radius 1 is 1.21 bits per heavy atom.